The van der Waals surface area contributed by atoms with Crippen molar-refractivity contribution in [3.8, 4) is 5.75 Å². The zero-order chi connectivity index (χ0) is 14.9. The van der Waals surface area contributed by atoms with Crippen LogP contribution in [0.1, 0.15) is 15.3 Å². The average Bonchev–Trinajstić information content (AvgIpc) is 2.69. The molecule has 4 nitrogen and oxygen atoms in total. The Morgan fingerprint density at radius 2 is 1.85 bits per heavy atom. The Bertz CT molecular complexity index is 733. The predicted octanol–water partition coefficient (Wildman–Crippen LogP) is 3.48. The van der Waals surface area contributed by atoms with Gasteiger partial charge in [-0.05, 0) is 44.5 Å². The number of hydrogen-bond acceptors (Lipinski definition) is 4. The van der Waals surface area contributed by atoms with Gasteiger partial charge in [0, 0.05) is 9.75 Å². The maximum atomic E-state index is 12.5. The predicted molar refractivity (Wildman–Crippen MR) is 82.3 cm³/mol. The van der Waals surface area contributed by atoms with Crippen LogP contribution < -0.4 is 9.46 Å². The van der Waals surface area contributed by atoms with E-state index in [-0.39, 0.29) is 0 Å². The Kier molecular flexibility index (Phi) is 4.06. The van der Waals surface area contributed by atoms with E-state index in [1.807, 2.05) is 19.9 Å². The van der Waals surface area contributed by atoms with E-state index in [9.17, 15) is 8.42 Å². The molecule has 1 heterocycles. The van der Waals surface area contributed by atoms with Gasteiger partial charge in [0.2, 0.25) is 0 Å². The topological polar surface area (TPSA) is 55.4 Å². The molecule has 1 aromatic carbocycles. The molecule has 0 unspecified atom stereocenters. The van der Waals surface area contributed by atoms with Gasteiger partial charge in [0.1, 0.15) is 10.6 Å². The summed E-state index contributed by atoms with van der Waals surface area (Å²) in [7, 11) is -2.08. The molecule has 2 rings (SSSR count). The van der Waals surface area contributed by atoms with Gasteiger partial charge in [-0.15, -0.1) is 11.3 Å². The molecule has 20 heavy (non-hydrogen) atoms. The molecule has 108 valence electrons. The Balaban J connectivity index is 2.43. The largest absolute Gasteiger partial charge is 0.495 e. The SMILES string of the molecule is COc1ccc(C)cc1NS(=O)(=O)c1cc(C)sc1C. The van der Waals surface area contributed by atoms with Gasteiger partial charge in [0.25, 0.3) is 10.0 Å². The molecular weight excluding hydrogens is 294 g/mol. The number of thiophene rings is 1. The lowest BCUT2D eigenvalue weighted by atomic mass is 10.2. The number of ether oxygens (including phenoxy) is 1. The molecule has 0 amide bonds. The number of hydrogen-bond donors (Lipinski definition) is 1. The fourth-order valence-electron chi connectivity index (χ4n) is 1.98. The lowest BCUT2D eigenvalue weighted by molar-refractivity contribution is 0.417. The van der Waals surface area contributed by atoms with E-state index in [1.54, 1.807) is 25.1 Å². The average molecular weight is 311 g/mol. The summed E-state index contributed by atoms with van der Waals surface area (Å²) >= 11 is 1.47. The first-order chi connectivity index (χ1) is 9.33. The van der Waals surface area contributed by atoms with Gasteiger partial charge < -0.3 is 4.74 Å². The van der Waals surface area contributed by atoms with Crippen molar-refractivity contribution in [2.45, 2.75) is 25.7 Å². The highest BCUT2D eigenvalue weighted by molar-refractivity contribution is 7.93. The highest BCUT2D eigenvalue weighted by Gasteiger charge is 2.20. The summed E-state index contributed by atoms with van der Waals surface area (Å²) in [5, 5.41) is 0. The van der Waals surface area contributed by atoms with E-state index in [1.165, 1.54) is 18.4 Å². The number of anilines is 1. The van der Waals surface area contributed by atoms with Crippen molar-refractivity contribution in [1.82, 2.24) is 0 Å². The van der Waals surface area contributed by atoms with Crippen molar-refractivity contribution >= 4 is 27.0 Å². The van der Waals surface area contributed by atoms with Crippen molar-refractivity contribution in [1.29, 1.82) is 0 Å². The van der Waals surface area contributed by atoms with Crippen molar-refractivity contribution in [2.75, 3.05) is 11.8 Å². The van der Waals surface area contributed by atoms with Gasteiger partial charge in [-0.2, -0.15) is 0 Å². The lowest BCUT2D eigenvalue weighted by Gasteiger charge is -2.12. The standard InChI is InChI=1S/C14H17NO3S2/c1-9-5-6-13(18-4)12(7-9)15-20(16,17)14-8-10(2)19-11(14)3/h5-8,15H,1-4H3. The van der Waals surface area contributed by atoms with Crippen molar-refractivity contribution < 1.29 is 13.2 Å². The Morgan fingerprint density at radius 3 is 2.40 bits per heavy atom. The third-order valence-electron chi connectivity index (χ3n) is 2.88. The maximum Gasteiger partial charge on any atom is 0.263 e. The molecule has 0 aliphatic rings. The van der Waals surface area contributed by atoms with Crippen LogP contribution in [0, 0.1) is 20.8 Å². The molecule has 2 aromatic rings. The number of aryl methyl sites for hydroxylation is 3. The summed E-state index contributed by atoms with van der Waals surface area (Å²) in [6, 6.07) is 7.06. The smallest absolute Gasteiger partial charge is 0.263 e. The van der Waals surface area contributed by atoms with Crippen LogP contribution in [0.4, 0.5) is 5.69 Å². The second-order valence-corrected chi connectivity index (χ2v) is 7.70. The van der Waals surface area contributed by atoms with Gasteiger partial charge in [-0.3, -0.25) is 4.72 Å². The van der Waals surface area contributed by atoms with Gasteiger partial charge in [-0.1, -0.05) is 6.07 Å². The number of nitrogens with one attached hydrogen (secondary N) is 1. The minimum atomic E-state index is -3.59. The fraction of sp³-hybridized carbons (Fsp3) is 0.286. The summed E-state index contributed by atoms with van der Waals surface area (Å²) in [5.41, 5.74) is 1.41. The molecule has 6 heteroatoms. The molecule has 1 aromatic heterocycles. The summed E-state index contributed by atoms with van der Waals surface area (Å²) < 4.78 is 32.7. The van der Waals surface area contributed by atoms with Crippen molar-refractivity contribution in [3.63, 3.8) is 0 Å². The highest BCUT2D eigenvalue weighted by atomic mass is 32.2. The van der Waals surface area contributed by atoms with E-state index < -0.39 is 10.0 Å². The molecule has 0 aliphatic heterocycles. The van der Waals surface area contributed by atoms with Crippen LogP contribution in [0.25, 0.3) is 0 Å². The molecule has 0 atom stereocenters. The third-order valence-corrected chi connectivity index (χ3v) is 5.47. The molecular formula is C14H17NO3S2. The van der Waals surface area contributed by atoms with Gasteiger partial charge >= 0.3 is 0 Å². The summed E-state index contributed by atoms with van der Waals surface area (Å²) in [4.78, 5) is 2.07. The van der Waals surface area contributed by atoms with E-state index in [2.05, 4.69) is 4.72 Å². The first kappa shape index (κ1) is 14.9. The van der Waals surface area contributed by atoms with Crippen molar-refractivity contribution in [3.05, 3.63) is 39.6 Å². The highest BCUT2D eigenvalue weighted by Crippen LogP contribution is 2.30. The molecule has 0 saturated carbocycles. The van der Waals surface area contributed by atoms with E-state index >= 15 is 0 Å². The Labute approximate surface area is 123 Å². The van der Waals surface area contributed by atoms with Crippen LogP contribution in [0.5, 0.6) is 5.75 Å². The molecule has 0 spiro atoms. The normalized spacial score (nSPS) is 11.4. The molecule has 0 fully saturated rings. The minimum Gasteiger partial charge on any atom is -0.495 e. The van der Waals surface area contributed by atoms with Gasteiger partial charge in [0.05, 0.1) is 12.8 Å². The Morgan fingerprint density at radius 1 is 1.15 bits per heavy atom. The van der Waals surface area contributed by atoms with E-state index in [0.717, 1.165) is 15.3 Å². The summed E-state index contributed by atoms with van der Waals surface area (Å²) in [6.45, 7) is 5.60. The quantitative estimate of drug-likeness (QED) is 0.940. The number of benzene rings is 1. The van der Waals surface area contributed by atoms with Crippen LogP contribution in [0.15, 0.2) is 29.2 Å². The molecule has 0 aliphatic carbocycles. The zero-order valence-electron chi connectivity index (χ0n) is 11.9. The van der Waals surface area contributed by atoms with Crippen LogP contribution in [0.2, 0.25) is 0 Å². The third kappa shape index (κ3) is 2.96. The molecule has 0 saturated heterocycles. The lowest BCUT2D eigenvalue weighted by Crippen LogP contribution is -2.14. The van der Waals surface area contributed by atoms with Crippen molar-refractivity contribution in [2.24, 2.45) is 0 Å². The first-order valence-electron chi connectivity index (χ1n) is 6.08. The number of methoxy groups -OCH3 is 1. The van der Waals surface area contributed by atoms with E-state index in [4.69, 9.17) is 4.74 Å². The van der Waals surface area contributed by atoms with Gasteiger partial charge in [0.15, 0.2) is 0 Å². The fourth-order valence-corrected chi connectivity index (χ4v) is 4.59. The maximum absolute atomic E-state index is 12.5. The van der Waals surface area contributed by atoms with Crippen LogP contribution in [-0.2, 0) is 10.0 Å². The number of rotatable bonds is 4. The Hall–Kier alpha value is -1.53. The first-order valence-corrected chi connectivity index (χ1v) is 8.38. The van der Waals surface area contributed by atoms with E-state index in [0.29, 0.717) is 16.3 Å². The summed E-state index contributed by atoms with van der Waals surface area (Å²) in [5.74, 6) is 0.503. The molecule has 0 bridgehead atoms. The van der Waals surface area contributed by atoms with Crippen LogP contribution in [-0.4, -0.2) is 15.5 Å². The minimum absolute atomic E-state index is 0.323. The van der Waals surface area contributed by atoms with Crippen LogP contribution >= 0.6 is 11.3 Å². The second kappa shape index (κ2) is 5.46. The molecule has 1 N–H and O–H groups in total. The zero-order valence-corrected chi connectivity index (χ0v) is 13.5. The number of sulfonamides is 1. The second-order valence-electron chi connectivity index (χ2n) is 4.59. The van der Waals surface area contributed by atoms with Crippen LogP contribution in [0.3, 0.4) is 0 Å². The molecule has 0 radical (unpaired) electrons. The monoisotopic (exact) mass is 311 g/mol. The van der Waals surface area contributed by atoms with Gasteiger partial charge in [-0.25, -0.2) is 8.42 Å². The summed E-state index contributed by atoms with van der Waals surface area (Å²) in [6.07, 6.45) is 0.